The Balaban J connectivity index is 2.55. The van der Waals surface area contributed by atoms with E-state index < -0.39 is 0 Å². The molecule has 236 valence electrons. The number of rotatable bonds is 28. The van der Waals surface area contributed by atoms with Crippen molar-refractivity contribution in [1.29, 1.82) is 0 Å². The van der Waals surface area contributed by atoms with Gasteiger partial charge in [0.25, 0.3) is 11.8 Å². The zero-order valence-corrected chi connectivity index (χ0v) is 27.1. The summed E-state index contributed by atoms with van der Waals surface area (Å²) >= 11 is 0. The zero-order chi connectivity index (χ0) is 29.8. The van der Waals surface area contributed by atoms with Gasteiger partial charge in [-0.3, -0.25) is 9.59 Å². The van der Waals surface area contributed by atoms with Crippen molar-refractivity contribution in [3.8, 4) is 5.75 Å². The molecule has 0 bridgehead atoms. The lowest BCUT2D eigenvalue weighted by atomic mass is 10.1. The van der Waals surface area contributed by atoms with E-state index in [4.69, 9.17) is 4.74 Å². The third-order valence-electron chi connectivity index (χ3n) is 7.88. The molecule has 0 aliphatic heterocycles. The predicted molar refractivity (Wildman–Crippen MR) is 175 cm³/mol. The molecule has 0 atom stereocenters. The molecule has 2 amide bonds. The van der Waals surface area contributed by atoms with Crippen LogP contribution in [0.1, 0.15) is 183 Å². The predicted octanol–water partition coefficient (Wildman–Crippen LogP) is 10.2. The van der Waals surface area contributed by atoms with Crippen molar-refractivity contribution in [2.75, 3.05) is 19.7 Å². The Bertz CT molecular complexity index is 780. The molecule has 2 N–H and O–H groups in total. The second-order valence-electron chi connectivity index (χ2n) is 11.8. The standard InChI is InChI=1S/C36H64N2O3/c1-4-7-10-13-16-18-20-23-28-37-35(39)32-26-27-33(34(31-32)41-30-25-22-15-12-9-6-3)36(40)38-29-24-21-19-17-14-11-8-5-2/h26-27,31H,4-25,28-30H2,1-3H3,(H,37,39)(H,38,40). The summed E-state index contributed by atoms with van der Waals surface area (Å²) in [6.07, 6.45) is 26.9. The van der Waals surface area contributed by atoms with Crippen molar-refractivity contribution in [3.63, 3.8) is 0 Å². The Kier molecular flexibility index (Phi) is 24.2. The van der Waals surface area contributed by atoms with Gasteiger partial charge in [-0.1, -0.05) is 143 Å². The maximum Gasteiger partial charge on any atom is 0.255 e. The minimum Gasteiger partial charge on any atom is -0.493 e. The van der Waals surface area contributed by atoms with Gasteiger partial charge in [-0.25, -0.2) is 0 Å². The van der Waals surface area contributed by atoms with E-state index in [9.17, 15) is 9.59 Å². The van der Waals surface area contributed by atoms with Gasteiger partial charge < -0.3 is 15.4 Å². The molecule has 0 fully saturated rings. The number of unbranched alkanes of at least 4 members (excludes halogenated alkanes) is 19. The molecule has 0 saturated heterocycles. The van der Waals surface area contributed by atoms with Crippen LogP contribution in [0.5, 0.6) is 5.75 Å². The number of amides is 2. The van der Waals surface area contributed by atoms with Gasteiger partial charge >= 0.3 is 0 Å². The lowest BCUT2D eigenvalue weighted by Crippen LogP contribution is -2.26. The molecule has 0 aliphatic rings. The maximum absolute atomic E-state index is 13.0. The number of carbonyl (C=O) groups excluding carboxylic acids is 2. The number of hydrogen-bond acceptors (Lipinski definition) is 3. The van der Waals surface area contributed by atoms with E-state index in [1.807, 2.05) is 0 Å². The van der Waals surface area contributed by atoms with Crippen LogP contribution in [0, 0.1) is 0 Å². The Morgan fingerprint density at radius 3 is 1.44 bits per heavy atom. The van der Waals surface area contributed by atoms with Crippen LogP contribution < -0.4 is 15.4 Å². The van der Waals surface area contributed by atoms with Crippen LogP contribution in [0.2, 0.25) is 0 Å². The minimum absolute atomic E-state index is 0.0942. The smallest absolute Gasteiger partial charge is 0.255 e. The summed E-state index contributed by atoms with van der Waals surface area (Å²) in [5, 5.41) is 6.13. The van der Waals surface area contributed by atoms with Crippen LogP contribution in [0.15, 0.2) is 18.2 Å². The van der Waals surface area contributed by atoms with Crippen molar-refractivity contribution in [1.82, 2.24) is 10.6 Å². The lowest BCUT2D eigenvalue weighted by molar-refractivity contribution is 0.0937. The van der Waals surface area contributed by atoms with Crippen LogP contribution >= 0.6 is 0 Å². The van der Waals surface area contributed by atoms with Crippen molar-refractivity contribution >= 4 is 11.8 Å². The number of nitrogens with one attached hydrogen (secondary N) is 2. The van der Waals surface area contributed by atoms with E-state index in [-0.39, 0.29) is 11.8 Å². The van der Waals surface area contributed by atoms with E-state index in [0.29, 0.717) is 36.6 Å². The second kappa shape index (κ2) is 26.8. The number of benzene rings is 1. The van der Waals surface area contributed by atoms with Crippen molar-refractivity contribution in [2.45, 2.75) is 162 Å². The first-order chi connectivity index (χ1) is 20.1. The summed E-state index contributed by atoms with van der Waals surface area (Å²) in [5.41, 5.74) is 1.08. The minimum atomic E-state index is -0.114. The molecule has 0 aliphatic carbocycles. The summed E-state index contributed by atoms with van der Waals surface area (Å²) in [7, 11) is 0. The van der Waals surface area contributed by atoms with Gasteiger partial charge in [-0.2, -0.15) is 0 Å². The van der Waals surface area contributed by atoms with Gasteiger partial charge in [0.05, 0.1) is 12.2 Å². The third kappa shape index (κ3) is 19.7. The van der Waals surface area contributed by atoms with Gasteiger partial charge in [0.1, 0.15) is 5.75 Å². The molecule has 0 heterocycles. The van der Waals surface area contributed by atoms with E-state index in [2.05, 4.69) is 31.4 Å². The largest absolute Gasteiger partial charge is 0.493 e. The summed E-state index contributed by atoms with van der Waals surface area (Å²) in [6, 6.07) is 5.27. The molecule has 41 heavy (non-hydrogen) atoms. The highest BCUT2D eigenvalue weighted by molar-refractivity contribution is 6.00. The SMILES string of the molecule is CCCCCCCCCCNC(=O)c1ccc(C(=O)NCCCCCCCCCC)c(OCCCCCCCC)c1. The third-order valence-corrected chi connectivity index (χ3v) is 7.88. The molecular weight excluding hydrogens is 508 g/mol. The summed E-state index contributed by atoms with van der Waals surface area (Å²) in [6.45, 7) is 8.63. The average Bonchev–Trinajstić information content (AvgIpc) is 2.98. The number of carbonyl (C=O) groups is 2. The van der Waals surface area contributed by atoms with Crippen LogP contribution in [0.25, 0.3) is 0 Å². The Hall–Kier alpha value is -2.04. The summed E-state index contributed by atoms with van der Waals surface area (Å²) in [5.74, 6) is 0.312. The first kappa shape index (κ1) is 37.0. The summed E-state index contributed by atoms with van der Waals surface area (Å²) < 4.78 is 6.10. The molecule has 1 aromatic rings. The Morgan fingerprint density at radius 2 is 0.951 bits per heavy atom. The van der Waals surface area contributed by atoms with Gasteiger partial charge in [-0.05, 0) is 37.5 Å². The van der Waals surface area contributed by atoms with E-state index in [0.717, 1.165) is 38.5 Å². The molecule has 0 aromatic heterocycles. The topological polar surface area (TPSA) is 67.4 Å². The molecule has 0 unspecified atom stereocenters. The highest BCUT2D eigenvalue weighted by Gasteiger charge is 2.16. The van der Waals surface area contributed by atoms with Crippen LogP contribution in [-0.2, 0) is 0 Å². The van der Waals surface area contributed by atoms with Crippen molar-refractivity contribution < 1.29 is 14.3 Å². The molecule has 1 aromatic carbocycles. The van der Waals surface area contributed by atoms with Gasteiger partial charge in [0, 0.05) is 18.7 Å². The fourth-order valence-electron chi connectivity index (χ4n) is 5.15. The van der Waals surface area contributed by atoms with Gasteiger partial charge in [0.15, 0.2) is 0 Å². The number of hydrogen-bond donors (Lipinski definition) is 2. The average molecular weight is 573 g/mol. The zero-order valence-electron chi connectivity index (χ0n) is 27.1. The monoisotopic (exact) mass is 572 g/mol. The first-order valence-corrected chi connectivity index (χ1v) is 17.5. The van der Waals surface area contributed by atoms with Crippen LogP contribution in [-0.4, -0.2) is 31.5 Å². The quantitative estimate of drug-likeness (QED) is 0.0982. The number of ether oxygens (including phenoxy) is 1. The van der Waals surface area contributed by atoms with Crippen LogP contribution in [0.4, 0.5) is 0 Å². The highest BCUT2D eigenvalue weighted by Crippen LogP contribution is 2.22. The van der Waals surface area contributed by atoms with E-state index >= 15 is 0 Å². The molecule has 5 nitrogen and oxygen atoms in total. The molecule has 0 spiro atoms. The first-order valence-electron chi connectivity index (χ1n) is 17.5. The maximum atomic E-state index is 13.0. The fraction of sp³-hybridized carbons (Fsp3) is 0.778. The van der Waals surface area contributed by atoms with E-state index in [1.165, 1.54) is 103 Å². The summed E-state index contributed by atoms with van der Waals surface area (Å²) in [4.78, 5) is 25.9. The Labute approximate surface area is 253 Å². The van der Waals surface area contributed by atoms with Crippen LogP contribution in [0.3, 0.4) is 0 Å². The Morgan fingerprint density at radius 1 is 0.537 bits per heavy atom. The second-order valence-corrected chi connectivity index (χ2v) is 11.8. The van der Waals surface area contributed by atoms with E-state index in [1.54, 1.807) is 18.2 Å². The molecular formula is C36H64N2O3. The molecule has 5 heteroatoms. The van der Waals surface area contributed by atoms with Crippen molar-refractivity contribution in [3.05, 3.63) is 29.3 Å². The fourth-order valence-corrected chi connectivity index (χ4v) is 5.15. The lowest BCUT2D eigenvalue weighted by Gasteiger charge is -2.14. The molecule has 0 radical (unpaired) electrons. The molecule has 1 rings (SSSR count). The normalized spacial score (nSPS) is 11.0. The van der Waals surface area contributed by atoms with Crippen molar-refractivity contribution in [2.24, 2.45) is 0 Å². The van der Waals surface area contributed by atoms with Gasteiger partial charge in [0.2, 0.25) is 0 Å². The molecule has 0 saturated carbocycles. The highest BCUT2D eigenvalue weighted by atomic mass is 16.5. The van der Waals surface area contributed by atoms with Gasteiger partial charge in [-0.15, -0.1) is 0 Å².